The average molecular weight is 359 g/mol. The fraction of sp³-hybridized carbons (Fsp3) is 0.0909. The SMILES string of the molecule is Cc1c(-c2ccccc2F)[nH]c2ccc(Cc3cnccc3C(N)=O)cc12. The van der Waals surface area contributed by atoms with Crippen molar-refractivity contribution in [3.8, 4) is 11.3 Å². The van der Waals surface area contributed by atoms with Gasteiger partial charge in [-0.1, -0.05) is 18.2 Å². The number of nitrogens with zero attached hydrogens (tertiary/aromatic N) is 1. The zero-order chi connectivity index (χ0) is 19.0. The molecule has 4 aromatic rings. The van der Waals surface area contributed by atoms with Crippen LogP contribution in [-0.2, 0) is 6.42 Å². The molecule has 5 heteroatoms. The molecule has 0 fully saturated rings. The highest BCUT2D eigenvalue weighted by atomic mass is 19.1. The van der Waals surface area contributed by atoms with Crippen LogP contribution in [0.15, 0.2) is 60.9 Å². The van der Waals surface area contributed by atoms with E-state index < -0.39 is 5.91 Å². The second kappa shape index (κ2) is 6.68. The summed E-state index contributed by atoms with van der Waals surface area (Å²) in [5, 5.41) is 1.02. The Bertz CT molecular complexity index is 1160. The van der Waals surface area contributed by atoms with E-state index in [1.807, 2.05) is 25.1 Å². The van der Waals surface area contributed by atoms with E-state index in [-0.39, 0.29) is 5.82 Å². The molecule has 0 bridgehead atoms. The van der Waals surface area contributed by atoms with Gasteiger partial charge in [-0.05, 0) is 60.4 Å². The van der Waals surface area contributed by atoms with Gasteiger partial charge >= 0.3 is 0 Å². The number of pyridine rings is 1. The molecule has 4 rings (SSSR count). The number of amides is 1. The third kappa shape index (κ3) is 3.08. The number of H-pyrrole nitrogens is 1. The largest absolute Gasteiger partial charge is 0.366 e. The van der Waals surface area contributed by atoms with Crippen molar-refractivity contribution in [3.05, 3.63) is 89.0 Å². The molecule has 27 heavy (non-hydrogen) atoms. The van der Waals surface area contributed by atoms with Crippen LogP contribution in [0.1, 0.15) is 27.0 Å². The fourth-order valence-electron chi connectivity index (χ4n) is 3.45. The molecule has 0 aliphatic heterocycles. The molecule has 0 aliphatic carbocycles. The monoisotopic (exact) mass is 359 g/mol. The third-order valence-corrected chi connectivity index (χ3v) is 4.83. The Morgan fingerprint density at radius 2 is 2.00 bits per heavy atom. The van der Waals surface area contributed by atoms with Crippen LogP contribution in [0.25, 0.3) is 22.2 Å². The Morgan fingerprint density at radius 3 is 2.78 bits per heavy atom. The quantitative estimate of drug-likeness (QED) is 0.568. The number of nitrogens with one attached hydrogen (secondary N) is 1. The minimum Gasteiger partial charge on any atom is -0.366 e. The summed E-state index contributed by atoms with van der Waals surface area (Å²) in [5.74, 6) is -0.720. The molecule has 2 aromatic carbocycles. The molecule has 3 N–H and O–H groups in total. The van der Waals surface area contributed by atoms with Crippen LogP contribution in [0.5, 0.6) is 0 Å². The number of carbonyl (C=O) groups is 1. The van der Waals surface area contributed by atoms with Gasteiger partial charge in [0.2, 0.25) is 5.91 Å². The summed E-state index contributed by atoms with van der Waals surface area (Å²) in [7, 11) is 0. The first kappa shape index (κ1) is 17.0. The summed E-state index contributed by atoms with van der Waals surface area (Å²) < 4.78 is 14.2. The number of aromatic amines is 1. The molecule has 0 saturated heterocycles. The summed E-state index contributed by atoms with van der Waals surface area (Å²) in [5.41, 5.74) is 11.0. The van der Waals surface area contributed by atoms with Crippen LogP contribution in [0.2, 0.25) is 0 Å². The van der Waals surface area contributed by atoms with Crippen molar-refractivity contribution in [2.45, 2.75) is 13.3 Å². The van der Waals surface area contributed by atoms with Crippen LogP contribution in [-0.4, -0.2) is 15.9 Å². The van der Waals surface area contributed by atoms with Crippen LogP contribution in [0.4, 0.5) is 4.39 Å². The molecule has 2 heterocycles. The van der Waals surface area contributed by atoms with E-state index >= 15 is 0 Å². The van der Waals surface area contributed by atoms with Gasteiger partial charge in [-0.3, -0.25) is 9.78 Å². The van der Waals surface area contributed by atoms with Gasteiger partial charge in [-0.25, -0.2) is 4.39 Å². The molecule has 2 aromatic heterocycles. The van der Waals surface area contributed by atoms with E-state index in [1.54, 1.807) is 30.6 Å². The van der Waals surface area contributed by atoms with E-state index in [0.717, 1.165) is 33.3 Å². The summed E-state index contributed by atoms with van der Waals surface area (Å²) in [6.07, 6.45) is 3.77. The normalized spacial score (nSPS) is 11.0. The van der Waals surface area contributed by atoms with Crippen LogP contribution in [0.3, 0.4) is 0 Å². The molecule has 0 atom stereocenters. The first-order valence-electron chi connectivity index (χ1n) is 8.63. The molecule has 1 amide bonds. The van der Waals surface area contributed by atoms with Gasteiger partial charge in [0.25, 0.3) is 0 Å². The minimum absolute atomic E-state index is 0.256. The van der Waals surface area contributed by atoms with Crippen molar-refractivity contribution < 1.29 is 9.18 Å². The Kier molecular flexibility index (Phi) is 4.20. The van der Waals surface area contributed by atoms with Gasteiger partial charge in [0.15, 0.2) is 0 Å². The lowest BCUT2D eigenvalue weighted by atomic mass is 9.99. The molecule has 0 saturated carbocycles. The molecule has 0 radical (unpaired) electrons. The van der Waals surface area contributed by atoms with E-state index in [9.17, 15) is 9.18 Å². The molecule has 4 nitrogen and oxygen atoms in total. The van der Waals surface area contributed by atoms with Gasteiger partial charge in [-0.15, -0.1) is 0 Å². The highest BCUT2D eigenvalue weighted by Gasteiger charge is 2.14. The zero-order valence-electron chi connectivity index (χ0n) is 14.8. The lowest BCUT2D eigenvalue weighted by Gasteiger charge is -2.06. The predicted octanol–water partition coefficient (Wildman–Crippen LogP) is 4.37. The Balaban J connectivity index is 1.77. The number of primary amides is 1. The third-order valence-electron chi connectivity index (χ3n) is 4.83. The minimum atomic E-state index is -0.465. The van der Waals surface area contributed by atoms with Crippen molar-refractivity contribution in [1.82, 2.24) is 9.97 Å². The second-order valence-corrected chi connectivity index (χ2v) is 6.56. The van der Waals surface area contributed by atoms with E-state index in [0.29, 0.717) is 17.5 Å². The van der Waals surface area contributed by atoms with Gasteiger partial charge in [0.1, 0.15) is 5.82 Å². The number of hydrogen-bond donors (Lipinski definition) is 2. The Labute approximate surface area is 155 Å². The molecular weight excluding hydrogens is 341 g/mol. The second-order valence-electron chi connectivity index (χ2n) is 6.56. The number of aryl methyl sites for hydroxylation is 1. The number of aromatic nitrogens is 2. The van der Waals surface area contributed by atoms with Crippen LogP contribution < -0.4 is 5.73 Å². The van der Waals surface area contributed by atoms with Crippen molar-refractivity contribution in [2.75, 3.05) is 0 Å². The lowest BCUT2D eigenvalue weighted by Crippen LogP contribution is -2.14. The maximum Gasteiger partial charge on any atom is 0.249 e. The number of rotatable bonds is 4. The number of hydrogen-bond acceptors (Lipinski definition) is 2. The predicted molar refractivity (Wildman–Crippen MR) is 104 cm³/mol. The van der Waals surface area contributed by atoms with Gasteiger partial charge < -0.3 is 10.7 Å². The first-order chi connectivity index (χ1) is 13.0. The maximum absolute atomic E-state index is 14.2. The Hall–Kier alpha value is -3.47. The highest BCUT2D eigenvalue weighted by molar-refractivity contribution is 5.94. The zero-order valence-corrected chi connectivity index (χ0v) is 14.8. The van der Waals surface area contributed by atoms with E-state index in [4.69, 9.17) is 5.73 Å². The maximum atomic E-state index is 14.2. The summed E-state index contributed by atoms with van der Waals surface area (Å²) in [6.45, 7) is 1.98. The van der Waals surface area contributed by atoms with Crippen molar-refractivity contribution in [1.29, 1.82) is 0 Å². The standard InChI is InChI=1S/C22H18FN3O/c1-13-18-11-14(10-15-12-25-9-8-16(15)22(24)27)6-7-20(18)26-21(13)17-4-2-3-5-19(17)23/h2-9,11-12,26H,10H2,1H3,(H2,24,27). The van der Waals surface area contributed by atoms with Gasteiger partial charge in [0, 0.05) is 34.4 Å². The van der Waals surface area contributed by atoms with Gasteiger partial charge in [0.05, 0.1) is 5.69 Å². The Morgan fingerprint density at radius 1 is 1.19 bits per heavy atom. The van der Waals surface area contributed by atoms with Crippen molar-refractivity contribution in [2.24, 2.45) is 5.73 Å². The van der Waals surface area contributed by atoms with Gasteiger partial charge in [-0.2, -0.15) is 0 Å². The number of carbonyl (C=O) groups excluding carboxylic acids is 1. The lowest BCUT2D eigenvalue weighted by molar-refractivity contribution is 0.0999. The summed E-state index contributed by atoms with van der Waals surface area (Å²) >= 11 is 0. The molecule has 0 unspecified atom stereocenters. The first-order valence-corrected chi connectivity index (χ1v) is 8.63. The van der Waals surface area contributed by atoms with Crippen molar-refractivity contribution >= 4 is 16.8 Å². The van der Waals surface area contributed by atoms with Crippen LogP contribution >= 0.6 is 0 Å². The average Bonchev–Trinajstić information content (AvgIpc) is 2.99. The molecular formula is C22H18FN3O. The van der Waals surface area contributed by atoms with Crippen molar-refractivity contribution in [3.63, 3.8) is 0 Å². The topological polar surface area (TPSA) is 71.8 Å². The number of fused-ring (bicyclic) bond motifs is 1. The smallest absolute Gasteiger partial charge is 0.249 e. The number of halogens is 1. The summed E-state index contributed by atoms with van der Waals surface area (Å²) in [6, 6.07) is 14.4. The fourth-order valence-corrected chi connectivity index (χ4v) is 3.45. The summed E-state index contributed by atoms with van der Waals surface area (Å²) in [4.78, 5) is 19.0. The van der Waals surface area contributed by atoms with E-state index in [1.165, 1.54) is 6.07 Å². The molecule has 0 aliphatic rings. The van der Waals surface area contributed by atoms with E-state index in [2.05, 4.69) is 16.0 Å². The number of nitrogens with two attached hydrogens (primary N) is 1. The van der Waals surface area contributed by atoms with Crippen LogP contribution in [0, 0.1) is 12.7 Å². The molecule has 134 valence electrons. The highest BCUT2D eigenvalue weighted by Crippen LogP contribution is 2.32. The molecule has 0 spiro atoms. The number of benzene rings is 2.